The average molecular weight is 219 g/mol. The third kappa shape index (κ3) is 2.14. The molecular weight excluding hydrogens is 198 g/mol. The summed E-state index contributed by atoms with van der Waals surface area (Å²) >= 11 is 0. The molecule has 0 radical (unpaired) electrons. The molecule has 1 aromatic heterocycles. The quantitative estimate of drug-likeness (QED) is 0.798. The number of nitrogens with one attached hydrogen (secondary N) is 2. The summed E-state index contributed by atoms with van der Waals surface area (Å²) in [7, 11) is 0. The van der Waals surface area contributed by atoms with Crippen LogP contribution >= 0.6 is 0 Å². The highest BCUT2D eigenvalue weighted by Crippen LogP contribution is 2.20. The van der Waals surface area contributed by atoms with Crippen LogP contribution in [0.2, 0.25) is 0 Å². The van der Waals surface area contributed by atoms with Gasteiger partial charge in [0.1, 0.15) is 5.82 Å². The van der Waals surface area contributed by atoms with Gasteiger partial charge in [-0.1, -0.05) is 6.42 Å². The maximum absolute atomic E-state index is 4.75. The van der Waals surface area contributed by atoms with Gasteiger partial charge in [-0.05, 0) is 45.1 Å². The zero-order valence-corrected chi connectivity index (χ0v) is 9.89. The lowest BCUT2D eigenvalue weighted by Gasteiger charge is -2.22. The number of hydrogen-bond acceptors (Lipinski definition) is 2. The van der Waals surface area contributed by atoms with E-state index in [1.54, 1.807) is 0 Å². The predicted octanol–water partition coefficient (Wildman–Crippen LogP) is 1.97. The molecule has 1 fully saturated rings. The molecule has 2 aliphatic rings. The van der Waals surface area contributed by atoms with E-state index in [1.165, 1.54) is 68.7 Å². The van der Waals surface area contributed by atoms with Gasteiger partial charge in [0, 0.05) is 18.2 Å². The minimum absolute atomic E-state index is 0.654. The van der Waals surface area contributed by atoms with E-state index in [4.69, 9.17) is 4.98 Å². The Balaban J connectivity index is 1.67. The SMILES string of the molecule is C1CCC(Cc2nc3c([nH]2)CCCC3)NC1. The van der Waals surface area contributed by atoms with Crippen molar-refractivity contribution in [2.45, 2.75) is 57.4 Å². The Morgan fingerprint density at radius 3 is 2.88 bits per heavy atom. The molecule has 1 atom stereocenters. The van der Waals surface area contributed by atoms with E-state index in [0.29, 0.717) is 6.04 Å². The molecule has 3 heteroatoms. The first-order chi connectivity index (χ1) is 7.92. The number of imidazole rings is 1. The van der Waals surface area contributed by atoms with E-state index in [1.807, 2.05) is 0 Å². The summed E-state index contributed by atoms with van der Waals surface area (Å²) in [6, 6.07) is 0.654. The van der Waals surface area contributed by atoms with Gasteiger partial charge >= 0.3 is 0 Å². The van der Waals surface area contributed by atoms with Crippen molar-refractivity contribution in [3.05, 3.63) is 17.2 Å². The number of fused-ring (bicyclic) bond motifs is 1. The van der Waals surface area contributed by atoms with Crippen molar-refractivity contribution in [2.24, 2.45) is 0 Å². The molecule has 3 nitrogen and oxygen atoms in total. The molecule has 88 valence electrons. The Hall–Kier alpha value is -0.830. The number of rotatable bonds is 2. The topological polar surface area (TPSA) is 40.7 Å². The van der Waals surface area contributed by atoms with Crippen LogP contribution in [0, 0.1) is 0 Å². The summed E-state index contributed by atoms with van der Waals surface area (Å²) in [6.45, 7) is 1.19. The van der Waals surface area contributed by atoms with Crippen molar-refractivity contribution >= 4 is 0 Å². The van der Waals surface area contributed by atoms with Gasteiger partial charge in [0.15, 0.2) is 0 Å². The van der Waals surface area contributed by atoms with Gasteiger partial charge < -0.3 is 10.3 Å². The van der Waals surface area contributed by atoms with Crippen molar-refractivity contribution < 1.29 is 0 Å². The zero-order valence-electron chi connectivity index (χ0n) is 9.89. The van der Waals surface area contributed by atoms with Crippen molar-refractivity contribution in [1.82, 2.24) is 15.3 Å². The monoisotopic (exact) mass is 219 g/mol. The number of aromatic nitrogens is 2. The van der Waals surface area contributed by atoms with Gasteiger partial charge in [0.25, 0.3) is 0 Å². The summed E-state index contributed by atoms with van der Waals surface area (Å²) in [5, 5.41) is 3.59. The van der Waals surface area contributed by atoms with E-state index in [0.717, 1.165) is 6.42 Å². The fraction of sp³-hybridized carbons (Fsp3) is 0.769. The van der Waals surface area contributed by atoms with E-state index >= 15 is 0 Å². The lowest BCUT2D eigenvalue weighted by atomic mass is 10.0. The molecule has 1 aromatic rings. The van der Waals surface area contributed by atoms with Crippen LogP contribution in [0.15, 0.2) is 0 Å². The highest BCUT2D eigenvalue weighted by molar-refractivity contribution is 5.18. The second-order valence-electron chi connectivity index (χ2n) is 5.17. The van der Waals surface area contributed by atoms with E-state index in [-0.39, 0.29) is 0 Å². The van der Waals surface area contributed by atoms with Gasteiger partial charge in [0.05, 0.1) is 5.69 Å². The van der Waals surface area contributed by atoms with E-state index < -0.39 is 0 Å². The Morgan fingerprint density at radius 2 is 2.06 bits per heavy atom. The maximum atomic E-state index is 4.75. The molecule has 0 spiro atoms. The van der Waals surface area contributed by atoms with Crippen LogP contribution in [-0.4, -0.2) is 22.6 Å². The Morgan fingerprint density at radius 1 is 1.12 bits per heavy atom. The molecule has 0 saturated carbocycles. The molecule has 3 rings (SSSR count). The molecule has 1 unspecified atom stereocenters. The molecule has 0 amide bonds. The smallest absolute Gasteiger partial charge is 0.108 e. The second kappa shape index (κ2) is 4.58. The first-order valence-corrected chi connectivity index (χ1v) is 6.72. The van der Waals surface area contributed by atoms with Crippen LogP contribution in [-0.2, 0) is 19.3 Å². The number of piperidine rings is 1. The Bertz CT molecular complexity index is 327. The van der Waals surface area contributed by atoms with Crippen LogP contribution in [0.4, 0.5) is 0 Å². The van der Waals surface area contributed by atoms with E-state index in [9.17, 15) is 0 Å². The van der Waals surface area contributed by atoms with Crippen LogP contribution in [0.3, 0.4) is 0 Å². The van der Waals surface area contributed by atoms with Crippen molar-refractivity contribution in [2.75, 3.05) is 6.54 Å². The number of aromatic amines is 1. The lowest BCUT2D eigenvalue weighted by Crippen LogP contribution is -2.35. The molecular formula is C13H21N3. The molecule has 1 saturated heterocycles. The minimum Gasteiger partial charge on any atom is -0.346 e. The summed E-state index contributed by atoms with van der Waals surface area (Å²) in [5.41, 5.74) is 2.76. The minimum atomic E-state index is 0.654. The van der Waals surface area contributed by atoms with Crippen LogP contribution in [0.25, 0.3) is 0 Å². The van der Waals surface area contributed by atoms with Crippen LogP contribution in [0.5, 0.6) is 0 Å². The van der Waals surface area contributed by atoms with Crippen molar-refractivity contribution in [3.8, 4) is 0 Å². The van der Waals surface area contributed by atoms with E-state index in [2.05, 4.69) is 10.3 Å². The first-order valence-electron chi connectivity index (χ1n) is 6.72. The molecule has 0 bridgehead atoms. The summed E-state index contributed by atoms with van der Waals surface area (Å²) in [6.07, 6.45) is 10.2. The molecule has 1 aliphatic carbocycles. The number of aryl methyl sites for hydroxylation is 2. The predicted molar refractivity (Wildman–Crippen MR) is 64.6 cm³/mol. The summed E-state index contributed by atoms with van der Waals surface area (Å²) in [5.74, 6) is 1.21. The van der Waals surface area contributed by atoms with Gasteiger partial charge in [-0.2, -0.15) is 0 Å². The highest BCUT2D eigenvalue weighted by Gasteiger charge is 2.18. The largest absolute Gasteiger partial charge is 0.346 e. The highest BCUT2D eigenvalue weighted by atomic mass is 15.0. The second-order valence-corrected chi connectivity index (χ2v) is 5.17. The van der Waals surface area contributed by atoms with Crippen molar-refractivity contribution in [3.63, 3.8) is 0 Å². The number of H-pyrrole nitrogens is 1. The maximum Gasteiger partial charge on any atom is 0.108 e. The molecule has 0 aromatic carbocycles. The fourth-order valence-corrected chi connectivity index (χ4v) is 2.94. The molecule has 16 heavy (non-hydrogen) atoms. The molecule has 2 heterocycles. The Kier molecular flexibility index (Phi) is 2.96. The van der Waals surface area contributed by atoms with Gasteiger partial charge in [0.2, 0.25) is 0 Å². The zero-order chi connectivity index (χ0) is 10.8. The number of nitrogens with zero attached hydrogens (tertiary/aromatic N) is 1. The third-order valence-electron chi connectivity index (χ3n) is 3.86. The van der Waals surface area contributed by atoms with Crippen LogP contribution < -0.4 is 5.32 Å². The van der Waals surface area contributed by atoms with Crippen molar-refractivity contribution in [1.29, 1.82) is 0 Å². The first kappa shape index (κ1) is 10.3. The van der Waals surface area contributed by atoms with Gasteiger partial charge in [-0.3, -0.25) is 0 Å². The fourth-order valence-electron chi connectivity index (χ4n) is 2.94. The number of hydrogen-bond donors (Lipinski definition) is 2. The van der Waals surface area contributed by atoms with Crippen LogP contribution in [0.1, 0.15) is 49.3 Å². The standard InChI is InChI=1S/C13H21N3/c1-2-7-12-11(6-1)15-13(16-12)9-10-5-3-4-8-14-10/h10,14H,1-9H2,(H,15,16). The summed E-state index contributed by atoms with van der Waals surface area (Å²) in [4.78, 5) is 8.28. The normalized spacial score (nSPS) is 25.4. The van der Waals surface area contributed by atoms with Gasteiger partial charge in [-0.25, -0.2) is 4.98 Å². The Labute approximate surface area is 97.0 Å². The average Bonchev–Trinajstić information content (AvgIpc) is 2.72. The van der Waals surface area contributed by atoms with Gasteiger partial charge in [-0.15, -0.1) is 0 Å². The summed E-state index contributed by atoms with van der Waals surface area (Å²) < 4.78 is 0. The molecule has 1 aliphatic heterocycles. The molecule has 2 N–H and O–H groups in total. The lowest BCUT2D eigenvalue weighted by molar-refractivity contribution is 0.395. The third-order valence-corrected chi connectivity index (χ3v) is 3.86.